The van der Waals surface area contributed by atoms with Gasteiger partial charge in [0, 0.05) is 18.5 Å². The summed E-state index contributed by atoms with van der Waals surface area (Å²) < 4.78 is 5.13. The van der Waals surface area contributed by atoms with Gasteiger partial charge in [-0.25, -0.2) is 0 Å². The predicted molar refractivity (Wildman–Crippen MR) is 130 cm³/mol. The minimum Gasteiger partial charge on any atom is -0.372 e. The summed E-state index contributed by atoms with van der Waals surface area (Å²) in [6, 6.07) is 21.0. The summed E-state index contributed by atoms with van der Waals surface area (Å²) in [5.41, 5.74) is 1.64. The van der Waals surface area contributed by atoms with Crippen LogP contribution in [0.15, 0.2) is 71.5 Å². The summed E-state index contributed by atoms with van der Waals surface area (Å²) in [5.74, 6) is -0.772. The molecule has 2 amide bonds. The molecule has 0 saturated carbocycles. The fourth-order valence-corrected chi connectivity index (χ4v) is 3.70. The Labute approximate surface area is 190 Å². The van der Waals surface area contributed by atoms with Crippen molar-refractivity contribution in [2.75, 3.05) is 25.1 Å². The molecule has 0 aliphatic carbocycles. The largest absolute Gasteiger partial charge is 0.372 e. The zero-order valence-electron chi connectivity index (χ0n) is 18.3. The summed E-state index contributed by atoms with van der Waals surface area (Å²) in [5, 5.41) is 8.47. The summed E-state index contributed by atoms with van der Waals surface area (Å²) in [7, 11) is 0. The van der Waals surface area contributed by atoms with Gasteiger partial charge in [-0.05, 0) is 47.9 Å². The van der Waals surface area contributed by atoms with Gasteiger partial charge in [0.2, 0.25) is 5.91 Å². The van der Waals surface area contributed by atoms with Gasteiger partial charge in [0.25, 0.3) is 11.5 Å². The number of ether oxygens (including phenoxy) is 1. The third kappa shape index (κ3) is 5.27. The van der Waals surface area contributed by atoms with Crippen LogP contribution in [0.3, 0.4) is 0 Å². The van der Waals surface area contributed by atoms with Crippen LogP contribution in [-0.4, -0.2) is 36.6 Å². The van der Waals surface area contributed by atoms with Gasteiger partial charge in [0.1, 0.15) is 12.2 Å². The van der Waals surface area contributed by atoms with Gasteiger partial charge < -0.3 is 20.4 Å². The molecule has 1 heterocycles. The summed E-state index contributed by atoms with van der Waals surface area (Å²) >= 11 is 0. The van der Waals surface area contributed by atoms with Crippen molar-refractivity contribution in [3.8, 4) is 0 Å². The van der Waals surface area contributed by atoms with Crippen LogP contribution in [0, 0.1) is 0 Å². The molecule has 0 aliphatic rings. The molecule has 0 unspecified atom stereocenters. The van der Waals surface area contributed by atoms with Gasteiger partial charge >= 0.3 is 0 Å². The molecular formula is C26H25N3O4. The number of pyridine rings is 1. The molecule has 4 aromatic rings. The van der Waals surface area contributed by atoms with Crippen LogP contribution < -0.4 is 16.2 Å². The van der Waals surface area contributed by atoms with Gasteiger partial charge in [0.05, 0.1) is 11.2 Å². The Morgan fingerprint density at radius 1 is 0.970 bits per heavy atom. The molecule has 0 radical (unpaired) electrons. The van der Waals surface area contributed by atoms with Gasteiger partial charge in [-0.1, -0.05) is 48.5 Å². The third-order valence-electron chi connectivity index (χ3n) is 5.36. The maximum atomic E-state index is 12.7. The normalized spacial score (nSPS) is 10.9. The Morgan fingerprint density at radius 2 is 1.79 bits per heavy atom. The molecule has 0 spiro atoms. The van der Waals surface area contributed by atoms with Crippen molar-refractivity contribution < 1.29 is 14.3 Å². The van der Waals surface area contributed by atoms with E-state index in [0.717, 1.165) is 16.3 Å². The number of carbonyl (C=O) groups is 2. The highest BCUT2D eigenvalue weighted by Crippen LogP contribution is 2.22. The number of rotatable bonds is 8. The van der Waals surface area contributed by atoms with E-state index < -0.39 is 11.5 Å². The van der Waals surface area contributed by atoms with E-state index in [9.17, 15) is 14.4 Å². The SMILES string of the molecule is CCOCC(=O)Nc1cccc2[nH]c(=O)c(C(=O)NCCc3ccc4ccccc4c3)cc12. The van der Waals surface area contributed by atoms with E-state index in [1.165, 1.54) is 6.07 Å². The lowest BCUT2D eigenvalue weighted by Crippen LogP contribution is -2.31. The zero-order valence-corrected chi connectivity index (χ0v) is 18.3. The highest BCUT2D eigenvalue weighted by Gasteiger charge is 2.14. The Bertz CT molecular complexity index is 1380. The fourth-order valence-electron chi connectivity index (χ4n) is 3.70. The molecule has 0 bridgehead atoms. The molecule has 3 N–H and O–H groups in total. The highest BCUT2D eigenvalue weighted by atomic mass is 16.5. The quantitative estimate of drug-likeness (QED) is 0.387. The number of benzene rings is 3. The van der Waals surface area contributed by atoms with Crippen molar-refractivity contribution in [3.63, 3.8) is 0 Å². The molecule has 3 aromatic carbocycles. The topological polar surface area (TPSA) is 100 Å². The van der Waals surface area contributed by atoms with Crippen molar-refractivity contribution in [1.82, 2.24) is 10.3 Å². The Morgan fingerprint density at radius 3 is 2.61 bits per heavy atom. The van der Waals surface area contributed by atoms with E-state index >= 15 is 0 Å². The van der Waals surface area contributed by atoms with Crippen LogP contribution >= 0.6 is 0 Å². The van der Waals surface area contributed by atoms with Crippen LogP contribution in [0.4, 0.5) is 5.69 Å². The van der Waals surface area contributed by atoms with Crippen molar-refractivity contribution in [2.24, 2.45) is 0 Å². The van der Waals surface area contributed by atoms with Crippen molar-refractivity contribution in [3.05, 3.63) is 88.2 Å². The van der Waals surface area contributed by atoms with Crippen LogP contribution in [0.25, 0.3) is 21.7 Å². The molecule has 0 saturated heterocycles. The second-order valence-electron chi connectivity index (χ2n) is 7.65. The van der Waals surface area contributed by atoms with E-state index in [2.05, 4.69) is 39.9 Å². The predicted octanol–water partition coefficient (Wildman–Crippen LogP) is 3.63. The van der Waals surface area contributed by atoms with Gasteiger partial charge in [-0.3, -0.25) is 14.4 Å². The molecule has 1 aromatic heterocycles. The molecule has 0 atom stereocenters. The first kappa shape index (κ1) is 22.2. The molecule has 4 rings (SSSR count). The molecule has 7 heteroatoms. The van der Waals surface area contributed by atoms with E-state index in [4.69, 9.17) is 4.74 Å². The average molecular weight is 444 g/mol. The van der Waals surface area contributed by atoms with Crippen LogP contribution in [-0.2, 0) is 16.0 Å². The van der Waals surface area contributed by atoms with Gasteiger partial charge in [0.15, 0.2) is 0 Å². The van der Waals surface area contributed by atoms with E-state index in [1.54, 1.807) is 25.1 Å². The highest BCUT2D eigenvalue weighted by molar-refractivity contribution is 6.04. The number of aromatic amines is 1. The van der Waals surface area contributed by atoms with Crippen LogP contribution in [0.5, 0.6) is 0 Å². The molecule has 0 fully saturated rings. The molecule has 168 valence electrons. The first-order valence-corrected chi connectivity index (χ1v) is 10.8. The summed E-state index contributed by atoms with van der Waals surface area (Å²) in [6.07, 6.45) is 0.640. The molecule has 0 aliphatic heterocycles. The van der Waals surface area contributed by atoms with Crippen molar-refractivity contribution in [2.45, 2.75) is 13.3 Å². The smallest absolute Gasteiger partial charge is 0.261 e. The minimum absolute atomic E-state index is 0.00693. The summed E-state index contributed by atoms with van der Waals surface area (Å²) in [4.78, 5) is 40.1. The fraction of sp³-hybridized carbons (Fsp3) is 0.192. The number of aromatic nitrogens is 1. The lowest BCUT2D eigenvalue weighted by Gasteiger charge is -2.11. The van der Waals surface area contributed by atoms with Crippen LogP contribution in [0.1, 0.15) is 22.8 Å². The Hall–Kier alpha value is -3.97. The average Bonchev–Trinajstić information content (AvgIpc) is 2.82. The first-order chi connectivity index (χ1) is 16.0. The number of amides is 2. The number of hydrogen-bond donors (Lipinski definition) is 3. The number of hydrogen-bond acceptors (Lipinski definition) is 4. The van der Waals surface area contributed by atoms with Crippen LogP contribution in [0.2, 0.25) is 0 Å². The van der Waals surface area contributed by atoms with E-state index in [1.807, 2.05) is 18.2 Å². The second kappa shape index (κ2) is 10.1. The van der Waals surface area contributed by atoms with Crippen molar-refractivity contribution in [1.29, 1.82) is 0 Å². The molecular weight excluding hydrogens is 418 g/mol. The third-order valence-corrected chi connectivity index (χ3v) is 5.36. The standard InChI is InChI=1S/C26H25N3O4/c1-2-33-16-24(30)28-22-8-5-9-23-20(22)15-21(26(32)29-23)25(31)27-13-12-17-10-11-18-6-3-4-7-19(18)14-17/h3-11,14-15H,2,12-13,16H2,1H3,(H,27,31)(H,28,30)(H,29,32). The zero-order chi connectivity index (χ0) is 23.2. The number of anilines is 1. The lowest BCUT2D eigenvalue weighted by atomic mass is 10.1. The molecule has 33 heavy (non-hydrogen) atoms. The van der Waals surface area contributed by atoms with E-state index in [-0.39, 0.29) is 18.1 Å². The minimum atomic E-state index is -0.483. The van der Waals surface area contributed by atoms with Gasteiger partial charge in [-0.15, -0.1) is 0 Å². The maximum absolute atomic E-state index is 12.7. The summed E-state index contributed by atoms with van der Waals surface area (Å²) in [6.45, 7) is 2.56. The number of H-pyrrole nitrogens is 1. The monoisotopic (exact) mass is 443 g/mol. The van der Waals surface area contributed by atoms with Gasteiger partial charge in [-0.2, -0.15) is 0 Å². The second-order valence-corrected chi connectivity index (χ2v) is 7.65. The Balaban J connectivity index is 1.48. The number of carbonyl (C=O) groups excluding carboxylic acids is 2. The lowest BCUT2D eigenvalue weighted by molar-refractivity contribution is -0.120. The number of nitrogens with one attached hydrogen (secondary N) is 3. The first-order valence-electron chi connectivity index (χ1n) is 10.8. The van der Waals surface area contributed by atoms with E-state index in [0.29, 0.717) is 36.2 Å². The Kier molecular flexibility index (Phi) is 6.80. The van der Waals surface area contributed by atoms with Crippen molar-refractivity contribution >= 4 is 39.2 Å². The molecule has 7 nitrogen and oxygen atoms in total. The number of fused-ring (bicyclic) bond motifs is 2. The maximum Gasteiger partial charge on any atom is 0.261 e.